The molecule has 0 N–H and O–H groups in total. The summed E-state index contributed by atoms with van der Waals surface area (Å²) in [7, 11) is 0. The molecule has 1 saturated heterocycles. The topological polar surface area (TPSA) is 25.1 Å². The summed E-state index contributed by atoms with van der Waals surface area (Å²) in [5.41, 5.74) is 0. The minimum Gasteiger partial charge on any atom is 0 e. The van der Waals surface area contributed by atoms with Crippen molar-refractivity contribution in [3.05, 3.63) is 0 Å². The Hall–Kier alpha value is 1.36. The molecule has 0 aromatic heterocycles. The first-order valence-corrected chi connectivity index (χ1v) is 2.91. The van der Waals surface area contributed by atoms with Crippen LogP contribution in [0.5, 0.6) is 0 Å². The van der Waals surface area contributed by atoms with Crippen LogP contribution in [0.25, 0.3) is 0 Å². The molecule has 0 spiro atoms. The first-order valence-electron chi connectivity index (χ1n) is 0.575. The zero-order chi connectivity index (χ0) is 2.12. The van der Waals surface area contributed by atoms with E-state index in [4.69, 9.17) is 0 Å². The van der Waals surface area contributed by atoms with E-state index < -0.39 is 22.5 Å². The molecule has 0 aromatic rings. The molecule has 1 aliphatic rings. The molecule has 0 unspecified atom stereocenters. The maximum absolute atomic E-state index is 4.17. The fraction of sp³-hybridized carbons (Fsp3) is 0. The Bertz CT molecular complexity index is 10.8. The van der Waals surface area contributed by atoms with Crippen molar-refractivity contribution in [2.75, 3.05) is 0 Å². The molecule has 2 nitrogen and oxygen atoms in total. The monoisotopic (exact) mass is 218 g/mol. The van der Waals surface area contributed by atoms with Crippen molar-refractivity contribution in [1.29, 1.82) is 0 Å². The largest absolute Gasteiger partial charge is 0 e. The Morgan fingerprint density at radius 1 is 1.25 bits per heavy atom. The molecule has 0 aromatic carbocycles. The molecule has 0 bridgehead atoms. The van der Waals surface area contributed by atoms with E-state index in [1.165, 1.54) is 0 Å². The van der Waals surface area contributed by atoms with Gasteiger partial charge in [-0.05, 0) is 0 Å². The van der Waals surface area contributed by atoms with Crippen molar-refractivity contribution >= 4 is 22.5 Å². The Labute approximate surface area is 48.2 Å². The van der Waals surface area contributed by atoms with Gasteiger partial charge in [-0.15, -0.1) is 0 Å². The molecular formula is HO2SbZn. The van der Waals surface area contributed by atoms with Crippen LogP contribution < -0.4 is 0 Å². The van der Waals surface area contributed by atoms with E-state index in [2.05, 4.69) is 6.33 Å². The normalized spacial score (nSPS) is 18.0. The molecule has 0 amide bonds. The van der Waals surface area contributed by atoms with Gasteiger partial charge >= 0.3 is 28.8 Å². The van der Waals surface area contributed by atoms with Gasteiger partial charge in [-0.1, -0.05) is 0 Å². The molecule has 4 heavy (non-hydrogen) atoms. The van der Waals surface area contributed by atoms with E-state index in [1.807, 2.05) is 0 Å². The predicted octanol–water partition coefficient (Wildman–Crippen LogP) is -0.788. The van der Waals surface area contributed by atoms with Gasteiger partial charge in [0.15, 0.2) is 0 Å². The fourth-order valence-electron chi connectivity index (χ4n) is 0. The third-order valence-electron chi connectivity index (χ3n) is 0.0833. The molecule has 1 rings (SSSR count). The van der Waals surface area contributed by atoms with Crippen molar-refractivity contribution < 1.29 is 25.8 Å². The minimum absolute atomic E-state index is 0. The smallest absolute Gasteiger partial charge is 0 e. The molecule has 0 radical (unpaired) electrons. The van der Waals surface area contributed by atoms with E-state index in [0.29, 0.717) is 0 Å². The Kier molecular flexibility index (Phi) is 3.47. The number of rotatable bonds is 0. The van der Waals surface area contributed by atoms with Gasteiger partial charge < -0.3 is 0 Å². The maximum Gasteiger partial charge on any atom is 0 e. The van der Waals surface area contributed by atoms with Gasteiger partial charge in [0.2, 0.25) is 0 Å². The zero-order valence-electron chi connectivity index (χ0n) is 2.02. The molecule has 0 atom stereocenters. The first kappa shape index (κ1) is 5.36. The molecule has 4 heteroatoms. The molecule has 20 valence electrons. The van der Waals surface area contributed by atoms with E-state index in [9.17, 15) is 0 Å². The average molecular weight is 220 g/mol. The molecule has 1 aliphatic heterocycles. The van der Waals surface area contributed by atoms with Gasteiger partial charge in [-0.3, -0.25) is 0 Å². The van der Waals surface area contributed by atoms with Crippen LogP contribution in [0.3, 0.4) is 0 Å². The van der Waals surface area contributed by atoms with Crippen LogP contribution in [0, 0.1) is 0 Å². The van der Waals surface area contributed by atoms with Crippen LogP contribution in [-0.2, 0) is 25.8 Å². The SMILES string of the molecule is [O]1[O][SbH]1.[Zn]. The van der Waals surface area contributed by atoms with Crippen molar-refractivity contribution in [3.63, 3.8) is 0 Å². The second-order valence-corrected chi connectivity index (χ2v) is 1.68. The summed E-state index contributed by atoms with van der Waals surface area (Å²) in [5.74, 6) is 0. The Balaban J connectivity index is 0.0000000900. The van der Waals surface area contributed by atoms with Gasteiger partial charge in [0.1, 0.15) is 0 Å². The van der Waals surface area contributed by atoms with Crippen LogP contribution in [0.2, 0.25) is 0 Å². The van der Waals surface area contributed by atoms with E-state index in [1.54, 1.807) is 0 Å². The summed E-state index contributed by atoms with van der Waals surface area (Å²) >= 11 is -0.520. The minimum atomic E-state index is -0.520. The van der Waals surface area contributed by atoms with Gasteiger partial charge in [0.25, 0.3) is 0 Å². The fourth-order valence-corrected chi connectivity index (χ4v) is 0. The number of hydrogen-bond donors (Lipinski definition) is 0. The predicted molar refractivity (Wildman–Crippen MR) is 9.32 cm³/mol. The van der Waals surface area contributed by atoms with Crippen molar-refractivity contribution in [2.24, 2.45) is 0 Å². The first-order chi connectivity index (χ1) is 1.50. The third kappa shape index (κ3) is 3.36. The average Bonchev–Trinajstić information content (AvgIpc) is 1.46. The van der Waals surface area contributed by atoms with Crippen molar-refractivity contribution in [2.45, 2.75) is 0 Å². The van der Waals surface area contributed by atoms with Gasteiger partial charge in [-0.25, -0.2) is 0 Å². The maximum atomic E-state index is 4.17. The summed E-state index contributed by atoms with van der Waals surface area (Å²) < 4.78 is 8.34. The van der Waals surface area contributed by atoms with E-state index >= 15 is 0 Å². The second kappa shape index (κ2) is 2.59. The summed E-state index contributed by atoms with van der Waals surface area (Å²) in [5, 5.41) is 0. The van der Waals surface area contributed by atoms with Crippen LogP contribution in [0.1, 0.15) is 0 Å². The Morgan fingerprint density at radius 2 is 1.50 bits per heavy atom. The Morgan fingerprint density at radius 3 is 1.50 bits per heavy atom. The van der Waals surface area contributed by atoms with Gasteiger partial charge in [0, 0.05) is 19.5 Å². The molecule has 1 fully saturated rings. The molecule has 0 saturated carbocycles. The zero-order valence-corrected chi connectivity index (χ0v) is 7.84. The second-order valence-electron chi connectivity index (χ2n) is 0.250. The van der Waals surface area contributed by atoms with Crippen LogP contribution >= 0.6 is 0 Å². The summed E-state index contributed by atoms with van der Waals surface area (Å²) in [6.07, 6.45) is 0. The van der Waals surface area contributed by atoms with Crippen LogP contribution in [-0.4, -0.2) is 22.5 Å². The van der Waals surface area contributed by atoms with Gasteiger partial charge in [-0.2, -0.15) is 0 Å². The summed E-state index contributed by atoms with van der Waals surface area (Å²) in [6.45, 7) is 0. The summed E-state index contributed by atoms with van der Waals surface area (Å²) in [4.78, 5) is 0. The molecular weight excluding hydrogens is 219 g/mol. The van der Waals surface area contributed by atoms with E-state index in [0.717, 1.165) is 0 Å². The van der Waals surface area contributed by atoms with Crippen LogP contribution in [0.15, 0.2) is 0 Å². The van der Waals surface area contributed by atoms with Gasteiger partial charge in [0.05, 0.1) is 0 Å². The van der Waals surface area contributed by atoms with Crippen molar-refractivity contribution in [3.8, 4) is 0 Å². The quantitative estimate of drug-likeness (QED) is 0.304. The standard InChI is InChI=1S/O2.Sb.Zn.H/c1-2;;;/q-2;+2;;. The number of hydrogen-bond acceptors (Lipinski definition) is 2. The van der Waals surface area contributed by atoms with Crippen molar-refractivity contribution in [1.82, 2.24) is 0 Å². The third-order valence-corrected chi connectivity index (χ3v) is 0.559. The molecule has 1 heterocycles. The molecule has 0 aliphatic carbocycles. The van der Waals surface area contributed by atoms with Crippen LogP contribution in [0.4, 0.5) is 0 Å². The summed E-state index contributed by atoms with van der Waals surface area (Å²) in [6, 6.07) is 0. The van der Waals surface area contributed by atoms with E-state index in [-0.39, 0.29) is 19.5 Å².